The summed E-state index contributed by atoms with van der Waals surface area (Å²) in [6.07, 6.45) is 0.983. The number of benzene rings is 3. The van der Waals surface area contributed by atoms with Crippen LogP contribution in [-0.4, -0.2) is 40.9 Å². The number of rotatable bonds is 9. The Kier molecular flexibility index (Phi) is 7.70. The molecule has 0 aliphatic rings. The van der Waals surface area contributed by atoms with Crippen LogP contribution in [0.4, 0.5) is 5.69 Å². The van der Waals surface area contributed by atoms with Gasteiger partial charge in [-0.3, -0.25) is 10.2 Å². The molecule has 7 N–H and O–H groups in total. The number of hydrogen-bond donors (Lipinski definition) is 5. The summed E-state index contributed by atoms with van der Waals surface area (Å²) in [6.45, 7) is 0. The lowest BCUT2D eigenvalue weighted by Crippen LogP contribution is -2.44. The second-order valence-corrected chi connectivity index (χ2v) is 11.2. The highest BCUT2D eigenvalue weighted by atomic mass is 32.2. The Labute approximate surface area is 204 Å². The summed E-state index contributed by atoms with van der Waals surface area (Å²) in [6, 6.07) is 18.2. The van der Waals surface area contributed by atoms with Crippen LogP contribution < -0.4 is 20.9 Å². The third-order valence-electron chi connectivity index (χ3n) is 5.01. The molecule has 0 aliphatic carbocycles. The molecule has 0 fully saturated rings. The van der Waals surface area contributed by atoms with Crippen molar-refractivity contribution in [2.75, 3.05) is 11.6 Å². The van der Waals surface area contributed by atoms with Gasteiger partial charge in [0.1, 0.15) is 11.9 Å². The van der Waals surface area contributed by atoms with E-state index in [1.807, 2.05) is 0 Å². The summed E-state index contributed by atoms with van der Waals surface area (Å²) in [5, 5.41) is 15.5. The van der Waals surface area contributed by atoms with Crippen LogP contribution >= 0.6 is 0 Å². The molecule has 0 unspecified atom stereocenters. The van der Waals surface area contributed by atoms with Crippen LogP contribution in [-0.2, 0) is 31.3 Å². The molecule has 3 aromatic rings. The van der Waals surface area contributed by atoms with Gasteiger partial charge < -0.3 is 11.1 Å². The second-order valence-electron chi connectivity index (χ2n) is 7.87. The lowest BCUT2D eigenvalue weighted by molar-refractivity contribution is -0.117. The van der Waals surface area contributed by atoms with E-state index in [0.717, 1.165) is 6.26 Å². The Balaban J connectivity index is 1.83. The number of carbonyl (C=O) groups is 1. The van der Waals surface area contributed by atoms with Crippen LogP contribution in [0.2, 0.25) is 0 Å². The standard InChI is InChI=1S/C23H25N5O5S2/c1-34(30,31)28-20(14-15-5-4-6-17(13-15)22(24)25)23(29)27-18-11-9-16(10-12-18)19-7-2-3-8-21(19)35(26,32)33/h2-13,20,28H,14H2,1H3,(H3,24,25)(H,27,29)(H2,26,32,33)/t20-/m0/s1. The molecule has 3 aromatic carbocycles. The van der Waals surface area contributed by atoms with Crippen LogP contribution in [0.15, 0.2) is 77.7 Å². The monoisotopic (exact) mass is 515 g/mol. The van der Waals surface area contributed by atoms with Crippen molar-refractivity contribution in [3.63, 3.8) is 0 Å². The largest absolute Gasteiger partial charge is 0.384 e. The summed E-state index contributed by atoms with van der Waals surface area (Å²) < 4.78 is 49.8. The number of amidine groups is 1. The molecule has 0 saturated heterocycles. The van der Waals surface area contributed by atoms with Crippen LogP contribution in [0.25, 0.3) is 11.1 Å². The van der Waals surface area contributed by atoms with Crippen LogP contribution in [0.1, 0.15) is 11.1 Å². The van der Waals surface area contributed by atoms with Crippen molar-refractivity contribution in [1.29, 1.82) is 5.41 Å². The van der Waals surface area contributed by atoms with E-state index in [9.17, 15) is 21.6 Å². The highest BCUT2D eigenvalue weighted by Crippen LogP contribution is 2.27. The van der Waals surface area contributed by atoms with Crippen molar-refractivity contribution in [2.45, 2.75) is 17.4 Å². The van der Waals surface area contributed by atoms with Crippen molar-refractivity contribution >= 4 is 37.5 Å². The number of nitrogens with two attached hydrogens (primary N) is 2. The predicted octanol–water partition coefficient (Wildman–Crippen LogP) is 1.38. The van der Waals surface area contributed by atoms with E-state index in [4.69, 9.17) is 16.3 Å². The quantitative estimate of drug-likeness (QED) is 0.212. The molecule has 0 radical (unpaired) electrons. The Morgan fingerprint density at radius 3 is 2.23 bits per heavy atom. The van der Waals surface area contributed by atoms with Gasteiger partial charge in [0.25, 0.3) is 0 Å². The van der Waals surface area contributed by atoms with E-state index in [-0.39, 0.29) is 17.2 Å². The Morgan fingerprint density at radius 2 is 1.63 bits per heavy atom. The molecule has 10 nitrogen and oxygen atoms in total. The van der Waals surface area contributed by atoms with Gasteiger partial charge in [0.05, 0.1) is 11.2 Å². The van der Waals surface area contributed by atoms with Crippen LogP contribution in [0, 0.1) is 5.41 Å². The van der Waals surface area contributed by atoms with Gasteiger partial charge >= 0.3 is 0 Å². The maximum atomic E-state index is 13.0. The molecule has 1 atom stereocenters. The topological polar surface area (TPSA) is 185 Å². The summed E-state index contributed by atoms with van der Waals surface area (Å²) in [7, 11) is -7.65. The summed E-state index contributed by atoms with van der Waals surface area (Å²) >= 11 is 0. The predicted molar refractivity (Wildman–Crippen MR) is 135 cm³/mol. The van der Waals surface area contributed by atoms with E-state index in [1.54, 1.807) is 66.7 Å². The van der Waals surface area contributed by atoms with Gasteiger partial charge in [0.15, 0.2) is 0 Å². The van der Waals surface area contributed by atoms with Gasteiger partial charge in [-0.1, -0.05) is 48.5 Å². The Morgan fingerprint density at radius 1 is 0.971 bits per heavy atom. The molecule has 3 rings (SSSR count). The number of carbonyl (C=O) groups excluding carboxylic acids is 1. The fourth-order valence-corrected chi connectivity index (χ4v) is 4.93. The van der Waals surface area contributed by atoms with Gasteiger partial charge in [-0.25, -0.2) is 26.7 Å². The second kappa shape index (κ2) is 10.4. The average Bonchev–Trinajstić information content (AvgIpc) is 2.78. The summed E-state index contributed by atoms with van der Waals surface area (Å²) in [5.41, 5.74) is 7.95. The van der Waals surface area contributed by atoms with Gasteiger partial charge in [-0.2, -0.15) is 0 Å². The van der Waals surface area contributed by atoms with Gasteiger partial charge in [-0.15, -0.1) is 0 Å². The molecular formula is C23H25N5O5S2. The minimum atomic E-state index is -3.93. The van der Waals surface area contributed by atoms with Crippen molar-refractivity contribution in [3.8, 4) is 11.1 Å². The SMILES string of the molecule is CS(=O)(=O)N[C@@H](Cc1cccc(C(=N)N)c1)C(=O)Nc1ccc(-c2ccccc2S(N)(=O)=O)cc1. The number of anilines is 1. The number of nitrogen functional groups attached to an aromatic ring is 1. The maximum absolute atomic E-state index is 13.0. The summed E-state index contributed by atoms with van der Waals surface area (Å²) in [5.74, 6) is -0.741. The maximum Gasteiger partial charge on any atom is 0.242 e. The van der Waals surface area contributed by atoms with E-state index < -0.39 is 32.0 Å². The number of amides is 1. The third-order valence-corrected chi connectivity index (χ3v) is 6.69. The molecule has 0 aromatic heterocycles. The van der Waals surface area contributed by atoms with Crippen LogP contribution in [0.3, 0.4) is 0 Å². The first-order valence-corrected chi connectivity index (χ1v) is 13.7. The number of sulfonamides is 2. The van der Waals surface area contributed by atoms with E-state index in [2.05, 4.69) is 10.0 Å². The Hall–Kier alpha value is -3.58. The zero-order valence-corrected chi connectivity index (χ0v) is 20.4. The normalized spacial score (nSPS) is 12.6. The first-order valence-electron chi connectivity index (χ1n) is 10.3. The average molecular weight is 516 g/mol. The van der Waals surface area contributed by atoms with Crippen molar-refractivity contribution in [3.05, 3.63) is 83.9 Å². The van der Waals surface area contributed by atoms with Crippen molar-refractivity contribution < 1.29 is 21.6 Å². The van der Waals surface area contributed by atoms with E-state index >= 15 is 0 Å². The fourth-order valence-electron chi connectivity index (χ4n) is 3.46. The van der Waals surface area contributed by atoms with Crippen molar-refractivity contribution in [1.82, 2.24) is 4.72 Å². The first kappa shape index (κ1) is 26.0. The lowest BCUT2D eigenvalue weighted by Gasteiger charge is -2.18. The number of nitrogens with one attached hydrogen (secondary N) is 3. The van der Waals surface area contributed by atoms with E-state index in [0.29, 0.717) is 27.9 Å². The van der Waals surface area contributed by atoms with Crippen LogP contribution in [0.5, 0.6) is 0 Å². The highest BCUT2D eigenvalue weighted by molar-refractivity contribution is 7.89. The van der Waals surface area contributed by atoms with Gasteiger partial charge in [-0.05, 0) is 41.8 Å². The third kappa shape index (κ3) is 7.20. The van der Waals surface area contributed by atoms with Gasteiger partial charge in [0.2, 0.25) is 26.0 Å². The summed E-state index contributed by atoms with van der Waals surface area (Å²) in [4.78, 5) is 12.9. The number of hydrogen-bond acceptors (Lipinski definition) is 6. The highest BCUT2D eigenvalue weighted by Gasteiger charge is 2.23. The minimum absolute atomic E-state index is 0.0259. The molecule has 0 saturated carbocycles. The minimum Gasteiger partial charge on any atom is -0.384 e. The smallest absolute Gasteiger partial charge is 0.242 e. The van der Waals surface area contributed by atoms with Gasteiger partial charge in [0, 0.05) is 16.8 Å². The molecular weight excluding hydrogens is 490 g/mol. The molecule has 0 heterocycles. The lowest BCUT2D eigenvalue weighted by atomic mass is 10.0. The Bertz CT molecular complexity index is 1470. The first-order chi connectivity index (χ1) is 16.3. The molecule has 1 amide bonds. The number of primary sulfonamides is 1. The molecule has 35 heavy (non-hydrogen) atoms. The molecule has 184 valence electrons. The molecule has 0 aliphatic heterocycles. The molecule has 0 bridgehead atoms. The zero-order chi connectivity index (χ0) is 25.8. The molecule has 0 spiro atoms. The molecule has 12 heteroatoms. The van der Waals surface area contributed by atoms with E-state index in [1.165, 1.54) is 6.07 Å². The zero-order valence-electron chi connectivity index (χ0n) is 18.7. The van der Waals surface area contributed by atoms with Crippen molar-refractivity contribution in [2.24, 2.45) is 10.9 Å². The fraction of sp³-hybridized carbons (Fsp3) is 0.130.